The summed E-state index contributed by atoms with van der Waals surface area (Å²) in [4.78, 5) is 6.49. The van der Waals surface area contributed by atoms with Gasteiger partial charge in [-0.1, -0.05) is 0 Å². The minimum Gasteiger partial charge on any atom is -0.373 e. The number of aromatic nitrogens is 1. The van der Waals surface area contributed by atoms with Gasteiger partial charge < -0.3 is 10.2 Å². The van der Waals surface area contributed by atoms with Crippen LogP contribution in [0.15, 0.2) is 18.3 Å². The van der Waals surface area contributed by atoms with Crippen LogP contribution in [0.4, 0.5) is 5.82 Å². The van der Waals surface area contributed by atoms with Crippen LogP contribution in [0.3, 0.4) is 0 Å². The molecule has 1 aliphatic rings. The number of morpholine rings is 1. The van der Waals surface area contributed by atoms with Crippen molar-refractivity contribution < 1.29 is 4.74 Å². The van der Waals surface area contributed by atoms with Crippen LogP contribution in [0.2, 0.25) is 0 Å². The number of nitrogen functional groups attached to an aromatic ring is 1. The highest BCUT2D eigenvalue weighted by Gasteiger charge is 2.26. The van der Waals surface area contributed by atoms with Crippen LogP contribution in [-0.4, -0.2) is 35.2 Å². The number of nitrogens with one attached hydrogen (secondary N) is 1. The molecule has 2 rings (SSSR count). The van der Waals surface area contributed by atoms with E-state index in [1.807, 2.05) is 12.1 Å². The molecule has 1 saturated heterocycles. The molecule has 94 valence electrons. The van der Waals surface area contributed by atoms with Crippen LogP contribution in [-0.2, 0) is 11.3 Å². The Balaban J connectivity index is 2.00. The third-order valence-corrected chi connectivity index (χ3v) is 2.88. The second kappa shape index (κ2) is 5.00. The van der Waals surface area contributed by atoms with Crippen LogP contribution in [0.5, 0.6) is 0 Å². The van der Waals surface area contributed by atoms with E-state index in [0.29, 0.717) is 5.82 Å². The molecule has 0 saturated carbocycles. The topological polar surface area (TPSA) is 63.4 Å². The average molecular weight is 236 g/mol. The van der Waals surface area contributed by atoms with Gasteiger partial charge in [0.2, 0.25) is 0 Å². The largest absolute Gasteiger partial charge is 0.373 e. The van der Waals surface area contributed by atoms with Gasteiger partial charge in [0.25, 0.3) is 0 Å². The Morgan fingerprint density at radius 1 is 1.59 bits per heavy atom. The molecule has 1 aliphatic heterocycles. The Morgan fingerprint density at radius 2 is 2.41 bits per heavy atom. The quantitative estimate of drug-likeness (QED) is 0.605. The van der Waals surface area contributed by atoms with Gasteiger partial charge in [-0.05, 0) is 31.5 Å². The molecule has 5 heteroatoms. The van der Waals surface area contributed by atoms with Gasteiger partial charge in [-0.15, -0.1) is 0 Å². The Kier molecular flexibility index (Phi) is 3.61. The molecular weight excluding hydrogens is 216 g/mol. The van der Waals surface area contributed by atoms with Crippen molar-refractivity contribution in [1.29, 1.82) is 0 Å². The first-order chi connectivity index (χ1) is 8.09. The van der Waals surface area contributed by atoms with E-state index in [2.05, 4.69) is 29.2 Å². The maximum Gasteiger partial charge on any atom is 0.140 e. The second-order valence-electron chi connectivity index (χ2n) is 5.01. The summed E-state index contributed by atoms with van der Waals surface area (Å²) in [5.41, 5.74) is 3.72. The van der Waals surface area contributed by atoms with Gasteiger partial charge in [0, 0.05) is 25.8 Å². The van der Waals surface area contributed by atoms with Crippen molar-refractivity contribution in [3.05, 3.63) is 23.9 Å². The number of rotatable bonds is 3. The van der Waals surface area contributed by atoms with E-state index in [4.69, 9.17) is 10.6 Å². The molecule has 1 fully saturated rings. The lowest BCUT2D eigenvalue weighted by Gasteiger charge is -2.38. The molecule has 0 unspecified atom stereocenters. The molecule has 17 heavy (non-hydrogen) atoms. The van der Waals surface area contributed by atoms with Crippen LogP contribution < -0.4 is 11.3 Å². The molecule has 0 atom stereocenters. The number of anilines is 1. The van der Waals surface area contributed by atoms with Crippen molar-refractivity contribution in [1.82, 2.24) is 9.88 Å². The molecule has 0 bridgehead atoms. The minimum absolute atomic E-state index is 0.0553. The van der Waals surface area contributed by atoms with E-state index in [1.165, 1.54) is 5.56 Å². The first kappa shape index (κ1) is 12.3. The zero-order valence-corrected chi connectivity index (χ0v) is 10.4. The summed E-state index contributed by atoms with van der Waals surface area (Å²) in [7, 11) is 0. The van der Waals surface area contributed by atoms with E-state index < -0.39 is 0 Å². The molecule has 2 heterocycles. The van der Waals surface area contributed by atoms with Crippen molar-refractivity contribution in [3.63, 3.8) is 0 Å². The van der Waals surface area contributed by atoms with Crippen LogP contribution in [0.25, 0.3) is 0 Å². The third kappa shape index (κ3) is 3.39. The van der Waals surface area contributed by atoms with Gasteiger partial charge >= 0.3 is 0 Å². The molecule has 0 radical (unpaired) electrons. The molecule has 0 aromatic carbocycles. The van der Waals surface area contributed by atoms with Crippen molar-refractivity contribution in [3.8, 4) is 0 Å². The van der Waals surface area contributed by atoms with Crippen LogP contribution in [0, 0.1) is 0 Å². The second-order valence-corrected chi connectivity index (χ2v) is 5.01. The number of pyridine rings is 1. The standard InChI is InChI=1S/C12H20N4O/c1-12(2)9-16(5-6-17-12)8-10-3-4-14-11(7-10)15-13/h3-4,7H,5-6,8-9,13H2,1-2H3,(H,14,15). The van der Waals surface area contributed by atoms with E-state index in [-0.39, 0.29) is 5.60 Å². The van der Waals surface area contributed by atoms with Crippen LogP contribution in [0.1, 0.15) is 19.4 Å². The molecule has 1 aromatic rings. The van der Waals surface area contributed by atoms with E-state index in [1.54, 1.807) is 6.20 Å². The number of hydrazine groups is 1. The highest BCUT2D eigenvalue weighted by atomic mass is 16.5. The normalized spacial score (nSPS) is 20.2. The number of ether oxygens (including phenoxy) is 1. The van der Waals surface area contributed by atoms with E-state index in [9.17, 15) is 0 Å². The summed E-state index contributed by atoms with van der Waals surface area (Å²) < 4.78 is 5.69. The SMILES string of the molecule is CC1(C)CN(Cc2ccnc(NN)c2)CCO1. The maximum atomic E-state index is 5.69. The Bertz CT molecular complexity index is 381. The van der Waals surface area contributed by atoms with Crippen LogP contribution >= 0.6 is 0 Å². The monoisotopic (exact) mass is 236 g/mol. The predicted octanol–water partition coefficient (Wildman–Crippen LogP) is 0.978. The average Bonchev–Trinajstić information content (AvgIpc) is 2.28. The fourth-order valence-electron chi connectivity index (χ4n) is 2.16. The zero-order chi connectivity index (χ0) is 12.3. The highest BCUT2D eigenvalue weighted by molar-refractivity contribution is 5.35. The van der Waals surface area contributed by atoms with E-state index in [0.717, 1.165) is 26.2 Å². The van der Waals surface area contributed by atoms with Crippen molar-refractivity contribution in [2.45, 2.75) is 26.0 Å². The molecule has 1 aromatic heterocycles. The summed E-state index contributed by atoms with van der Waals surface area (Å²) >= 11 is 0. The number of hydrogen-bond donors (Lipinski definition) is 2. The van der Waals surface area contributed by atoms with Crippen molar-refractivity contribution in [2.24, 2.45) is 5.84 Å². The van der Waals surface area contributed by atoms with Gasteiger partial charge in [-0.2, -0.15) is 0 Å². The molecular formula is C12H20N4O. The lowest BCUT2D eigenvalue weighted by molar-refractivity contribution is -0.0882. The summed E-state index contributed by atoms with van der Waals surface area (Å²) in [6.07, 6.45) is 1.77. The smallest absolute Gasteiger partial charge is 0.140 e. The summed E-state index contributed by atoms with van der Waals surface area (Å²) in [6.45, 7) is 7.86. The molecule has 0 aliphatic carbocycles. The Labute approximate surface area is 102 Å². The third-order valence-electron chi connectivity index (χ3n) is 2.88. The first-order valence-electron chi connectivity index (χ1n) is 5.87. The van der Waals surface area contributed by atoms with Crippen molar-refractivity contribution in [2.75, 3.05) is 25.1 Å². The van der Waals surface area contributed by atoms with E-state index >= 15 is 0 Å². The molecule has 3 N–H and O–H groups in total. The van der Waals surface area contributed by atoms with Gasteiger partial charge in [0.1, 0.15) is 5.82 Å². The fraction of sp³-hybridized carbons (Fsp3) is 0.583. The van der Waals surface area contributed by atoms with Crippen molar-refractivity contribution >= 4 is 5.82 Å². The molecule has 5 nitrogen and oxygen atoms in total. The molecule has 0 spiro atoms. The van der Waals surface area contributed by atoms with Gasteiger partial charge in [0.15, 0.2) is 0 Å². The number of hydrogen-bond acceptors (Lipinski definition) is 5. The summed E-state index contributed by atoms with van der Waals surface area (Å²) in [5.74, 6) is 6.05. The predicted molar refractivity (Wildman–Crippen MR) is 67.4 cm³/mol. The Morgan fingerprint density at radius 3 is 3.12 bits per heavy atom. The summed E-state index contributed by atoms with van der Waals surface area (Å²) in [6, 6.07) is 3.99. The maximum absolute atomic E-state index is 5.69. The summed E-state index contributed by atoms with van der Waals surface area (Å²) in [5, 5.41) is 0. The first-order valence-corrected chi connectivity index (χ1v) is 5.87. The molecule has 0 amide bonds. The minimum atomic E-state index is -0.0553. The lowest BCUT2D eigenvalue weighted by atomic mass is 10.1. The van der Waals surface area contributed by atoms with Gasteiger partial charge in [-0.3, -0.25) is 4.90 Å². The van der Waals surface area contributed by atoms with Gasteiger partial charge in [0.05, 0.1) is 12.2 Å². The fourth-order valence-corrected chi connectivity index (χ4v) is 2.16. The highest BCUT2D eigenvalue weighted by Crippen LogP contribution is 2.18. The lowest BCUT2D eigenvalue weighted by Crippen LogP contribution is -2.47. The van der Waals surface area contributed by atoms with Gasteiger partial charge in [-0.25, -0.2) is 10.8 Å². The number of nitrogens with zero attached hydrogens (tertiary/aromatic N) is 2. The number of nitrogens with two attached hydrogens (primary N) is 1. The zero-order valence-electron chi connectivity index (χ0n) is 10.4. The Hall–Kier alpha value is -1.17.